The molecule has 4 N–H and O–H groups in total. The molecule has 4 aromatic carbocycles. The second-order valence-corrected chi connectivity index (χ2v) is 11.4. The van der Waals surface area contributed by atoms with E-state index in [0.29, 0.717) is 17.0 Å². The molecule has 13 heteroatoms. The summed E-state index contributed by atoms with van der Waals surface area (Å²) in [6.07, 6.45) is 1.65. The summed E-state index contributed by atoms with van der Waals surface area (Å²) in [7, 11) is 0. The summed E-state index contributed by atoms with van der Waals surface area (Å²) in [5.41, 5.74) is 0.391. The van der Waals surface area contributed by atoms with E-state index in [1.54, 1.807) is 60.7 Å². The number of nitro benzene ring substituents is 1. The van der Waals surface area contributed by atoms with Gasteiger partial charge in [0.25, 0.3) is 17.5 Å². The van der Waals surface area contributed by atoms with E-state index < -0.39 is 33.9 Å². The number of nitrogens with zero attached hydrogens (tertiary/aromatic N) is 1. The van der Waals surface area contributed by atoms with Gasteiger partial charge in [0.15, 0.2) is 0 Å². The van der Waals surface area contributed by atoms with Crippen LogP contribution in [0, 0.1) is 10.1 Å². The van der Waals surface area contributed by atoms with Crippen LogP contribution >= 0.6 is 23.4 Å². The average molecular weight is 659 g/mol. The molecule has 11 nitrogen and oxygen atoms in total. The number of hydrogen-bond donors (Lipinski definition) is 4. The molecule has 0 aliphatic heterocycles. The lowest BCUT2D eigenvalue weighted by molar-refractivity contribution is -0.385. The number of carboxylic acids is 1. The molecule has 234 valence electrons. The summed E-state index contributed by atoms with van der Waals surface area (Å²) in [5, 5.41) is 28.4. The Morgan fingerprint density at radius 3 is 2.33 bits per heavy atom. The van der Waals surface area contributed by atoms with Gasteiger partial charge < -0.3 is 21.1 Å². The van der Waals surface area contributed by atoms with E-state index in [4.69, 9.17) is 11.6 Å². The van der Waals surface area contributed by atoms with Gasteiger partial charge in [0, 0.05) is 22.2 Å². The summed E-state index contributed by atoms with van der Waals surface area (Å²) in [6, 6.07) is 24.7. The number of carboxylic acid groups (broad SMARTS) is 1. The number of halogens is 1. The second-order valence-electron chi connectivity index (χ2n) is 9.68. The Labute approximate surface area is 272 Å². The smallest absolute Gasteiger partial charge is 0.335 e. The number of hydrogen-bond acceptors (Lipinski definition) is 7. The number of rotatable bonds is 12. The summed E-state index contributed by atoms with van der Waals surface area (Å²) in [5.74, 6) is -2.88. The number of nitro groups is 1. The number of carbonyl (C=O) groups excluding carboxylic acids is 3. The molecule has 0 aliphatic carbocycles. The van der Waals surface area contributed by atoms with Crippen LogP contribution in [-0.4, -0.2) is 39.0 Å². The maximum atomic E-state index is 13.5. The zero-order chi connectivity index (χ0) is 33.2. The Hall–Kier alpha value is -5.46. The number of benzene rings is 4. The average Bonchev–Trinajstić information content (AvgIpc) is 3.04. The topological polar surface area (TPSA) is 168 Å². The first-order valence-corrected chi connectivity index (χ1v) is 15.0. The third-order valence-corrected chi connectivity index (χ3v) is 8.15. The van der Waals surface area contributed by atoms with Crippen molar-refractivity contribution in [1.29, 1.82) is 0 Å². The lowest BCUT2D eigenvalue weighted by Crippen LogP contribution is -2.30. The first kappa shape index (κ1) is 33.4. The lowest BCUT2D eigenvalue weighted by atomic mass is 10.1. The van der Waals surface area contributed by atoms with E-state index in [1.165, 1.54) is 54.2 Å². The van der Waals surface area contributed by atoms with Crippen LogP contribution in [0.15, 0.2) is 108 Å². The second kappa shape index (κ2) is 15.5. The SMILES string of the molecule is CCC(Sc1cccc(NC(=O)/C(=C\c2ccccc2[N+](=O)[O-])NC(=O)c2ccccc2)c1)C(=O)Nc1cc(C(=O)O)ccc1Cl. The molecule has 0 saturated heterocycles. The normalized spacial score (nSPS) is 11.7. The molecule has 1 atom stereocenters. The monoisotopic (exact) mass is 658 g/mol. The van der Waals surface area contributed by atoms with Crippen molar-refractivity contribution < 1.29 is 29.2 Å². The molecule has 0 saturated carbocycles. The predicted molar refractivity (Wildman–Crippen MR) is 177 cm³/mol. The molecule has 1 unspecified atom stereocenters. The van der Waals surface area contributed by atoms with Crippen molar-refractivity contribution in [1.82, 2.24) is 5.32 Å². The van der Waals surface area contributed by atoms with Gasteiger partial charge >= 0.3 is 5.97 Å². The van der Waals surface area contributed by atoms with Crippen LogP contribution in [0.4, 0.5) is 17.1 Å². The van der Waals surface area contributed by atoms with Crippen LogP contribution in [-0.2, 0) is 9.59 Å². The number of carbonyl (C=O) groups is 4. The van der Waals surface area contributed by atoms with Gasteiger partial charge in [-0.1, -0.05) is 54.9 Å². The van der Waals surface area contributed by atoms with Crippen LogP contribution < -0.4 is 16.0 Å². The molecule has 4 rings (SSSR count). The first-order chi connectivity index (χ1) is 22.0. The van der Waals surface area contributed by atoms with Gasteiger partial charge in [-0.25, -0.2) is 4.79 Å². The molecule has 0 fully saturated rings. The lowest BCUT2D eigenvalue weighted by Gasteiger charge is -2.17. The Kier molecular flexibility index (Phi) is 11.3. The maximum absolute atomic E-state index is 13.5. The van der Waals surface area contributed by atoms with Crippen LogP contribution in [0.5, 0.6) is 0 Å². The fraction of sp³-hybridized carbons (Fsp3) is 0.0909. The van der Waals surface area contributed by atoms with E-state index in [2.05, 4.69) is 16.0 Å². The summed E-state index contributed by atoms with van der Waals surface area (Å²) in [6.45, 7) is 1.81. The number of thioether (sulfide) groups is 1. The third kappa shape index (κ3) is 8.80. The fourth-order valence-corrected chi connectivity index (χ4v) is 5.35. The molecule has 0 heterocycles. The van der Waals surface area contributed by atoms with Crippen molar-refractivity contribution in [2.45, 2.75) is 23.5 Å². The van der Waals surface area contributed by atoms with Crippen LogP contribution in [0.3, 0.4) is 0 Å². The highest BCUT2D eigenvalue weighted by Crippen LogP contribution is 2.30. The Bertz CT molecular complexity index is 1830. The Morgan fingerprint density at radius 1 is 0.913 bits per heavy atom. The van der Waals surface area contributed by atoms with Crippen molar-refractivity contribution in [3.8, 4) is 0 Å². The molecule has 3 amide bonds. The highest BCUT2D eigenvalue weighted by Gasteiger charge is 2.21. The van der Waals surface area contributed by atoms with Gasteiger partial charge in [-0.05, 0) is 67.1 Å². The van der Waals surface area contributed by atoms with E-state index in [9.17, 15) is 34.4 Å². The zero-order valence-corrected chi connectivity index (χ0v) is 25.8. The zero-order valence-electron chi connectivity index (χ0n) is 24.2. The first-order valence-electron chi connectivity index (χ1n) is 13.8. The van der Waals surface area contributed by atoms with Crippen molar-refractivity contribution >= 4 is 70.2 Å². The molecule has 0 aliphatic rings. The molecule has 0 aromatic heterocycles. The Morgan fingerprint density at radius 2 is 1.63 bits per heavy atom. The number of para-hydroxylation sites is 1. The van der Waals surface area contributed by atoms with Crippen molar-refractivity contribution in [2.24, 2.45) is 0 Å². The van der Waals surface area contributed by atoms with Gasteiger partial charge in [-0.15, -0.1) is 11.8 Å². The van der Waals surface area contributed by atoms with Crippen molar-refractivity contribution in [3.63, 3.8) is 0 Å². The van der Waals surface area contributed by atoms with Crippen molar-refractivity contribution in [3.05, 3.63) is 135 Å². The number of aromatic carboxylic acids is 1. The molecule has 46 heavy (non-hydrogen) atoms. The fourth-order valence-electron chi connectivity index (χ4n) is 4.17. The quantitative estimate of drug-likeness (QED) is 0.0554. The highest BCUT2D eigenvalue weighted by atomic mass is 35.5. The number of nitrogens with one attached hydrogen (secondary N) is 3. The van der Waals surface area contributed by atoms with Gasteiger partial charge in [-0.3, -0.25) is 24.5 Å². The third-order valence-electron chi connectivity index (χ3n) is 6.47. The van der Waals surface area contributed by atoms with Crippen molar-refractivity contribution in [2.75, 3.05) is 10.6 Å². The number of anilines is 2. The molecule has 0 spiro atoms. The largest absolute Gasteiger partial charge is 0.478 e. The number of amides is 3. The predicted octanol–water partition coefficient (Wildman–Crippen LogP) is 6.87. The van der Waals surface area contributed by atoms with E-state index >= 15 is 0 Å². The maximum Gasteiger partial charge on any atom is 0.335 e. The van der Waals surface area contributed by atoms with Crippen LogP contribution in [0.1, 0.15) is 39.6 Å². The summed E-state index contributed by atoms with van der Waals surface area (Å²) < 4.78 is 0. The summed E-state index contributed by atoms with van der Waals surface area (Å²) in [4.78, 5) is 62.5. The molecular weight excluding hydrogens is 632 g/mol. The van der Waals surface area contributed by atoms with Gasteiger partial charge in [0.05, 0.1) is 32.0 Å². The summed E-state index contributed by atoms with van der Waals surface area (Å²) >= 11 is 7.39. The minimum atomic E-state index is -1.16. The highest BCUT2D eigenvalue weighted by molar-refractivity contribution is 8.00. The molecular formula is C33H27ClN4O7S. The molecule has 0 bridgehead atoms. The van der Waals surface area contributed by atoms with Gasteiger partial charge in [-0.2, -0.15) is 0 Å². The van der Waals surface area contributed by atoms with E-state index in [0.717, 1.165) is 0 Å². The van der Waals surface area contributed by atoms with E-state index in [1.807, 2.05) is 6.92 Å². The van der Waals surface area contributed by atoms with E-state index in [-0.39, 0.29) is 38.8 Å². The standard InChI is InChI=1S/C33H27ClN4O7S/c1-2-29(32(41)36-26-18-22(33(42)43)15-16-25(26)34)46-24-13-8-12-23(19-24)35-31(40)27(37-30(39)20-9-4-3-5-10-20)17-21-11-6-7-14-28(21)38(44)45/h3-19,29H,2H2,1H3,(H,35,40)(H,36,41)(H,37,39)(H,42,43)/b27-17+. The van der Waals surface area contributed by atoms with Gasteiger partial charge in [0.2, 0.25) is 5.91 Å². The molecule has 0 radical (unpaired) electrons. The van der Waals surface area contributed by atoms with Crippen LogP contribution in [0.2, 0.25) is 5.02 Å². The Balaban J connectivity index is 1.55. The minimum absolute atomic E-state index is 0.0286. The molecule has 4 aromatic rings. The van der Waals surface area contributed by atoms with Crippen LogP contribution in [0.25, 0.3) is 6.08 Å². The minimum Gasteiger partial charge on any atom is -0.478 e. The van der Waals surface area contributed by atoms with Gasteiger partial charge in [0.1, 0.15) is 5.70 Å².